The van der Waals surface area contributed by atoms with Gasteiger partial charge in [0.2, 0.25) is 5.95 Å². The number of rotatable bonds is 6. The van der Waals surface area contributed by atoms with Gasteiger partial charge in [0.1, 0.15) is 5.75 Å². The quantitative estimate of drug-likeness (QED) is 0.270. The number of halogens is 3. The maximum atomic E-state index is 6.23. The number of para-hydroxylation sites is 1. The Morgan fingerprint density at radius 3 is 2.34 bits per heavy atom. The number of ether oxygens (including phenoxy) is 1. The van der Waals surface area contributed by atoms with Crippen molar-refractivity contribution in [3.05, 3.63) is 70.2 Å². The molecule has 0 amide bonds. The molecule has 0 aliphatic rings. The molecule has 0 atom stereocenters. The zero-order valence-corrected chi connectivity index (χ0v) is 23.1. The van der Waals surface area contributed by atoms with Gasteiger partial charge in [0.05, 0.1) is 29.5 Å². The summed E-state index contributed by atoms with van der Waals surface area (Å²) in [6.07, 6.45) is 0. The zero-order valence-electron chi connectivity index (χ0n) is 20.8. The minimum Gasteiger partial charge on any atom is -0.495 e. The molecule has 0 saturated heterocycles. The standard InChI is InChI=1S/C27H30Cl2N4O.ClH/c1-17-14-19(29)15-23(34-6)24(17)31-26-30-21-8-7-9-22(25(21)32(26)5)33(16-27(2,3)4)20-12-10-18(28)11-13-20;/h7-15H,16H2,1-6H3,(H,30,31);1H. The van der Waals surface area contributed by atoms with Crippen LogP contribution in [0.3, 0.4) is 0 Å². The number of benzene rings is 3. The molecule has 35 heavy (non-hydrogen) atoms. The molecule has 0 aliphatic carbocycles. The van der Waals surface area contributed by atoms with Gasteiger partial charge >= 0.3 is 0 Å². The minimum atomic E-state index is 0. The first-order valence-corrected chi connectivity index (χ1v) is 11.9. The number of nitrogens with one attached hydrogen (secondary N) is 1. The summed E-state index contributed by atoms with van der Waals surface area (Å²) in [6, 6.07) is 17.9. The fourth-order valence-electron chi connectivity index (χ4n) is 4.13. The SMILES string of the molecule is COc1cc(Cl)cc(C)c1Nc1nc2cccc(N(CC(C)(C)C)c3ccc(Cl)cc3)c2n1C.Cl. The molecule has 0 radical (unpaired) electrons. The van der Waals surface area contributed by atoms with Crippen LogP contribution in [-0.2, 0) is 7.05 Å². The van der Waals surface area contributed by atoms with E-state index in [0.29, 0.717) is 10.8 Å². The Morgan fingerprint density at radius 2 is 1.71 bits per heavy atom. The fraction of sp³-hybridized carbons (Fsp3) is 0.296. The molecule has 0 spiro atoms. The van der Waals surface area contributed by atoms with Gasteiger partial charge in [0.25, 0.3) is 0 Å². The van der Waals surface area contributed by atoms with Crippen LogP contribution in [0.15, 0.2) is 54.6 Å². The third kappa shape index (κ3) is 5.80. The van der Waals surface area contributed by atoms with Gasteiger partial charge in [-0.25, -0.2) is 4.98 Å². The Balaban J connectivity index is 0.00000342. The molecule has 0 fully saturated rings. The van der Waals surface area contributed by atoms with Crippen LogP contribution < -0.4 is 15.0 Å². The Morgan fingerprint density at radius 1 is 1.03 bits per heavy atom. The molecular weight excluding hydrogens is 503 g/mol. The maximum absolute atomic E-state index is 6.23. The van der Waals surface area contributed by atoms with Crippen molar-refractivity contribution < 1.29 is 4.74 Å². The lowest BCUT2D eigenvalue weighted by Crippen LogP contribution is -2.29. The monoisotopic (exact) mass is 532 g/mol. The molecule has 8 heteroatoms. The van der Waals surface area contributed by atoms with Gasteiger partial charge in [-0.15, -0.1) is 12.4 Å². The van der Waals surface area contributed by atoms with Crippen LogP contribution in [0.2, 0.25) is 10.0 Å². The van der Waals surface area contributed by atoms with Gasteiger partial charge in [-0.1, -0.05) is 50.0 Å². The van der Waals surface area contributed by atoms with Crippen molar-refractivity contribution in [3.63, 3.8) is 0 Å². The minimum absolute atomic E-state index is 0. The van der Waals surface area contributed by atoms with Gasteiger partial charge in [-0.05, 0) is 60.4 Å². The highest BCUT2D eigenvalue weighted by atomic mass is 35.5. The van der Waals surface area contributed by atoms with E-state index >= 15 is 0 Å². The molecule has 5 nitrogen and oxygen atoms in total. The summed E-state index contributed by atoms with van der Waals surface area (Å²) in [7, 11) is 3.66. The second-order valence-electron chi connectivity index (χ2n) is 9.69. The second kappa shape index (κ2) is 10.6. The van der Waals surface area contributed by atoms with Crippen molar-refractivity contribution in [2.24, 2.45) is 12.5 Å². The lowest BCUT2D eigenvalue weighted by Gasteiger charge is -2.32. The van der Waals surface area contributed by atoms with Crippen molar-refractivity contribution >= 4 is 69.7 Å². The molecule has 3 aromatic carbocycles. The fourth-order valence-corrected chi connectivity index (χ4v) is 4.52. The van der Waals surface area contributed by atoms with Crippen LogP contribution >= 0.6 is 35.6 Å². The first-order valence-electron chi connectivity index (χ1n) is 11.2. The van der Waals surface area contributed by atoms with E-state index in [1.54, 1.807) is 13.2 Å². The Bertz CT molecular complexity index is 1330. The predicted octanol–water partition coefficient (Wildman–Crippen LogP) is 8.55. The molecule has 0 bridgehead atoms. The number of methoxy groups -OCH3 is 1. The number of aromatic nitrogens is 2. The Labute approximate surface area is 223 Å². The summed E-state index contributed by atoms with van der Waals surface area (Å²) in [5, 5.41) is 4.82. The van der Waals surface area contributed by atoms with Gasteiger partial charge in [-0.2, -0.15) is 0 Å². The van der Waals surface area contributed by atoms with E-state index in [9.17, 15) is 0 Å². The van der Waals surface area contributed by atoms with Gasteiger partial charge in [0, 0.05) is 35.4 Å². The Hall–Kier alpha value is -2.60. The van der Waals surface area contributed by atoms with Crippen molar-refractivity contribution in [1.29, 1.82) is 0 Å². The molecule has 0 saturated carbocycles. The van der Waals surface area contributed by atoms with E-state index in [4.69, 9.17) is 32.9 Å². The normalized spacial score (nSPS) is 11.3. The lowest BCUT2D eigenvalue weighted by atomic mass is 9.95. The molecule has 186 valence electrons. The highest BCUT2D eigenvalue weighted by Gasteiger charge is 2.23. The number of imidazole rings is 1. The highest BCUT2D eigenvalue weighted by Crippen LogP contribution is 2.38. The van der Waals surface area contributed by atoms with Gasteiger partial charge < -0.3 is 19.5 Å². The number of hydrogen-bond acceptors (Lipinski definition) is 4. The van der Waals surface area contributed by atoms with Gasteiger partial charge in [-0.3, -0.25) is 0 Å². The number of fused-ring (bicyclic) bond motifs is 1. The molecule has 0 unspecified atom stereocenters. The summed E-state index contributed by atoms with van der Waals surface area (Å²) < 4.78 is 7.66. The summed E-state index contributed by atoms with van der Waals surface area (Å²) in [5.41, 5.74) is 5.99. The summed E-state index contributed by atoms with van der Waals surface area (Å²) in [6.45, 7) is 9.54. The average molecular weight is 534 g/mol. The number of nitrogens with zero attached hydrogens (tertiary/aromatic N) is 3. The van der Waals surface area contributed by atoms with E-state index in [1.807, 2.05) is 44.3 Å². The van der Waals surface area contributed by atoms with Crippen molar-refractivity contribution in [3.8, 4) is 5.75 Å². The van der Waals surface area contributed by atoms with E-state index < -0.39 is 0 Å². The van der Waals surface area contributed by atoms with Crippen LogP contribution in [-0.4, -0.2) is 23.2 Å². The Kier molecular flexibility index (Phi) is 8.15. The zero-order chi connectivity index (χ0) is 24.6. The molecular formula is C27H31Cl3N4O. The first-order chi connectivity index (χ1) is 16.1. The smallest absolute Gasteiger partial charge is 0.208 e. The molecule has 0 aliphatic heterocycles. The van der Waals surface area contributed by atoms with Crippen LogP contribution in [0, 0.1) is 12.3 Å². The average Bonchev–Trinajstić information content (AvgIpc) is 3.09. The second-order valence-corrected chi connectivity index (χ2v) is 10.6. The number of anilines is 4. The topological polar surface area (TPSA) is 42.3 Å². The summed E-state index contributed by atoms with van der Waals surface area (Å²) in [4.78, 5) is 7.24. The summed E-state index contributed by atoms with van der Waals surface area (Å²) in [5.74, 6) is 1.39. The molecule has 4 rings (SSSR count). The first kappa shape index (κ1) is 27.0. The predicted molar refractivity (Wildman–Crippen MR) is 152 cm³/mol. The maximum Gasteiger partial charge on any atom is 0.208 e. The summed E-state index contributed by atoms with van der Waals surface area (Å²) >= 11 is 12.4. The lowest BCUT2D eigenvalue weighted by molar-refractivity contribution is 0.416. The molecule has 1 heterocycles. The van der Waals surface area contributed by atoms with Crippen LogP contribution in [0.5, 0.6) is 5.75 Å². The van der Waals surface area contributed by atoms with Crippen molar-refractivity contribution in [2.45, 2.75) is 27.7 Å². The van der Waals surface area contributed by atoms with Crippen LogP contribution in [0.1, 0.15) is 26.3 Å². The molecule has 1 aromatic heterocycles. The van der Waals surface area contributed by atoms with Crippen molar-refractivity contribution in [2.75, 3.05) is 23.9 Å². The van der Waals surface area contributed by atoms with Crippen LogP contribution in [0.4, 0.5) is 23.0 Å². The number of aryl methyl sites for hydroxylation is 2. The van der Waals surface area contributed by atoms with E-state index in [0.717, 1.165) is 51.2 Å². The molecule has 4 aromatic rings. The van der Waals surface area contributed by atoms with E-state index in [2.05, 4.69) is 53.8 Å². The highest BCUT2D eigenvalue weighted by molar-refractivity contribution is 6.31. The van der Waals surface area contributed by atoms with Gasteiger partial charge in [0.15, 0.2) is 0 Å². The molecule has 1 N–H and O–H groups in total. The largest absolute Gasteiger partial charge is 0.495 e. The van der Waals surface area contributed by atoms with Crippen molar-refractivity contribution in [1.82, 2.24) is 9.55 Å². The number of hydrogen-bond donors (Lipinski definition) is 1. The van der Waals surface area contributed by atoms with Crippen LogP contribution in [0.25, 0.3) is 11.0 Å². The van der Waals surface area contributed by atoms with E-state index in [-0.39, 0.29) is 17.8 Å². The third-order valence-electron chi connectivity index (χ3n) is 5.66. The van der Waals surface area contributed by atoms with E-state index in [1.165, 1.54) is 0 Å². The third-order valence-corrected chi connectivity index (χ3v) is 6.13.